The SMILES string of the molecule is [B][C-]([B])P. The van der Waals surface area contributed by atoms with Crippen molar-refractivity contribution in [3.05, 3.63) is 5.46 Å². The van der Waals surface area contributed by atoms with E-state index in [4.69, 9.17) is 15.7 Å². The summed E-state index contributed by atoms with van der Waals surface area (Å²) in [5, 5.41) is 0. The highest BCUT2D eigenvalue weighted by Crippen LogP contribution is 1.91. The first kappa shape index (κ1) is 4.56. The molecule has 0 N–H and O–H groups in total. The van der Waals surface area contributed by atoms with Crippen molar-refractivity contribution in [1.82, 2.24) is 0 Å². The van der Waals surface area contributed by atoms with Crippen LogP contribution in [-0.2, 0) is 0 Å². The lowest BCUT2D eigenvalue weighted by Crippen LogP contribution is -1.75. The van der Waals surface area contributed by atoms with Crippen molar-refractivity contribution in [2.75, 3.05) is 0 Å². The molecule has 0 saturated heterocycles. The first-order valence-electron chi connectivity index (χ1n) is 0.866. The van der Waals surface area contributed by atoms with Crippen molar-refractivity contribution < 1.29 is 0 Å². The molecule has 0 fully saturated rings. The van der Waals surface area contributed by atoms with E-state index in [1.807, 2.05) is 0 Å². The number of hydrogen-bond acceptors (Lipinski definition) is 0. The predicted octanol–water partition coefficient (Wildman–Crippen LogP) is -0.355. The Labute approximate surface area is 31.4 Å². The van der Waals surface area contributed by atoms with Crippen LogP contribution in [-0.4, -0.2) is 15.7 Å². The molecule has 0 spiro atoms. The Balaban J connectivity index is 2.32. The van der Waals surface area contributed by atoms with Crippen LogP contribution in [0.4, 0.5) is 0 Å². The lowest BCUT2D eigenvalue weighted by molar-refractivity contribution is 2.42. The van der Waals surface area contributed by atoms with E-state index in [-0.39, 0.29) is 0 Å². The molecule has 1 unspecified atom stereocenters. The topological polar surface area (TPSA) is 0 Å². The zero-order valence-corrected chi connectivity index (χ0v) is 3.39. The van der Waals surface area contributed by atoms with E-state index in [1.165, 1.54) is 0 Å². The molecule has 0 aromatic heterocycles. The van der Waals surface area contributed by atoms with Gasteiger partial charge in [-0.3, -0.25) is 0 Å². The molecule has 0 saturated carbocycles. The van der Waals surface area contributed by atoms with E-state index in [1.54, 1.807) is 0 Å². The third kappa shape index (κ3) is 19.9. The summed E-state index contributed by atoms with van der Waals surface area (Å²) in [5.41, 5.74) is 0.333. The van der Waals surface area contributed by atoms with Crippen LogP contribution >= 0.6 is 9.24 Å². The molecule has 4 radical (unpaired) electrons. The van der Waals surface area contributed by atoms with E-state index in [9.17, 15) is 0 Å². The fraction of sp³-hybridized carbons (Fsp3) is 0. The minimum absolute atomic E-state index is 0.333. The summed E-state index contributed by atoms with van der Waals surface area (Å²) in [7, 11) is 11.7. The van der Waals surface area contributed by atoms with E-state index in [2.05, 4.69) is 9.24 Å². The average Bonchev–Trinajstić information content (AvgIpc) is 0.811. The third-order valence-corrected chi connectivity index (χ3v) is 0. The van der Waals surface area contributed by atoms with Crippen LogP contribution in [0.3, 0.4) is 0 Å². The molecule has 3 heteroatoms. The third-order valence-electron chi connectivity index (χ3n) is 0. The Bertz CT molecular complexity index is 10.8. The van der Waals surface area contributed by atoms with Gasteiger partial charge in [-0.1, -0.05) is 0 Å². The van der Waals surface area contributed by atoms with Gasteiger partial charge in [-0.15, -0.1) is 0 Å². The molecular weight excluding hydrogens is 64.6 g/mol. The smallest absolute Gasteiger partial charge is 0.178 e. The molecule has 0 nitrogen and oxygen atoms in total. The summed E-state index contributed by atoms with van der Waals surface area (Å²) >= 11 is 0. The molecule has 0 amide bonds. The van der Waals surface area contributed by atoms with E-state index < -0.39 is 0 Å². The van der Waals surface area contributed by atoms with Crippen molar-refractivity contribution in [3.8, 4) is 0 Å². The van der Waals surface area contributed by atoms with E-state index in [0.29, 0.717) is 5.46 Å². The lowest BCUT2D eigenvalue weighted by atomic mass is 9.86. The van der Waals surface area contributed by atoms with Crippen LogP contribution in [0, 0.1) is 5.46 Å². The van der Waals surface area contributed by atoms with Gasteiger partial charge in [-0.25, -0.2) is 0 Å². The summed E-state index contributed by atoms with van der Waals surface area (Å²) in [6.45, 7) is 0. The van der Waals surface area contributed by atoms with Crippen molar-refractivity contribution in [1.29, 1.82) is 0 Å². The molecule has 0 aliphatic rings. The lowest BCUT2D eigenvalue weighted by Gasteiger charge is -2.03. The molecule has 0 bridgehead atoms. The van der Waals surface area contributed by atoms with Crippen LogP contribution in [0.1, 0.15) is 0 Å². The molecule has 18 valence electrons. The average molecular weight is 66.6 g/mol. The first-order valence-corrected chi connectivity index (χ1v) is 1.44. The van der Waals surface area contributed by atoms with Crippen LogP contribution in [0.5, 0.6) is 0 Å². The second-order valence-corrected chi connectivity index (χ2v) is 1.17. The summed E-state index contributed by atoms with van der Waals surface area (Å²) in [4.78, 5) is 0. The monoisotopic (exact) mass is 67.0 g/mol. The summed E-state index contributed by atoms with van der Waals surface area (Å²) in [5.74, 6) is 0. The van der Waals surface area contributed by atoms with Crippen molar-refractivity contribution in [2.24, 2.45) is 0 Å². The maximum Gasteiger partial charge on any atom is -0.178 e. The van der Waals surface area contributed by atoms with Crippen molar-refractivity contribution in [2.45, 2.75) is 0 Å². The fourth-order valence-electron chi connectivity index (χ4n) is 0. The minimum Gasteiger partial charge on any atom is -0.371 e. The quantitative estimate of drug-likeness (QED) is 0.206. The maximum absolute atomic E-state index is 4.77. The molecule has 0 aliphatic carbocycles. The highest BCUT2D eigenvalue weighted by Gasteiger charge is 1.44. The Morgan fingerprint density at radius 3 is 1.50 bits per heavy atom. The zero-order chi connectivity index (χ0) is 3.58. The molecule has 0 rings (SSSR count). The van der Waals surface area contributed by atoms with Gasteiger partial charge in [0.25, 0.3) is 0 Å². The van der Waals surface area contributed by atoms with Crippen LogP contribution in [0.2, 0.25) is 0 Å². The second-order valence-electron chi connectivity index (χ2n) is 0.500. The van der Waals surface area contributed by atoms with Gasteiger partial charge < -0.3 is 14.7 Å². The van der Waals surface area contributed by atoms with Gasteiger partial charge in [-0.2, -0.15) is 15.7 Å². The van der Waals surface area contributed by atoms with Crippen LogP contribution in [0.15, 0.2) is 0 Å². The van der Waals surface area contributed by atoms with Gasteiger partial charge in [0.2, 0.25) is 0 Å². The highest BCUT2D eigenvalue weighted by atomic mass is 31.0. The zero-order valence-electron chi connectivity index (χ0n) is 2.23. The van der Waals surface area contributed by atoms with Gasteiger partial charge in [0, 0.05) is 0 Å². The van der Waals surface area contributed by atoms with E-state index >= 15 is 0 Å². The van der Waals surface area contributed by atoms with Gasteiger partial charge in [0.1, 0.15) is 0 Å². The van der Waals surface area contributed by atoms with Gasteiger partial charge in [0.05, 0.1) is 0 Å². The number of hydrogen-bond donors (Lipinski definition) is 0. The molecule has 0 aromatic rings. The minimum atomic E-state index is 0.333. The second kappa shape index (κ2) is 1.84. The molecule has 0 heterocycles. The summed E-state index contributed by atoms with van der Waals surface area (Å²) in [6, 6.07) is 0. The maximum atomic E-state index is 4.77. The Hall–Kier alpha value is 0.560. The Morgan fingerprint density at radius 2 is 1.50 bits per heavy atom. The normalized spacial score (nSPS) is 8.50. The Kier molecular flexibility index (Phi) is 2.10. The predicted molar refractivity (Wildman–Crippen MR) is 24.5 cm³/mol. The highest BCUT2D eigenvalue weighted by molar-refractivity contribution is 7.29. The summed E-state index contributed by atoms with van der Waals surface area (Å²) in [6.07, 6.45) is 0. The summed E-state index contributed by atoms with van der Waals surface area (Å²) < 4.78 is 0. The van der Waals surface area contributed by atoms with Crippen molar-refractivity contribution in [3.63, 3.8) is 0 Å². The number of rotatable bonds is 0. The van der Waals surface area contributed by atoms with E-state index in [0.717, 1.165) is 0 Å². The standard InChI is InChI=1S/CH2B2P/c2-1(3)4/h4H2/q-1. The van der Waals surface area contributed by atoms with Crippen LogP contribution < -0.4 is 0 Å². The van der Waals surface area contributed by atoms with Gasteiger partial charge >= 0.3 is 0 Å². The molecule has 0 aliphatic heterocycles. The molecule has 1 atom stereocenters. The molecule has 4 heavy (non-hydrogen) atoms. The van der Waals surface area contributed by atoms with Gasteiger partial charge in [0.15, 0.2) is 0 Å². The largest absolute Gasteiger partial charge is 0.371 e. The van der Waals surface area contributed by atoms with Crippen molar-refractivity contribution >= 4 is 24.9 Å². The molecule has 0 aromatic carbocycles. The van der Waals surface area contributed by atoms with Crippen LogP contribution in [0.25, 0.3) is 0 Å². The van der Waals surface area contributed by atoms with Gasteiger partial charge in [-0.05, 0) is 0 Å². The first-order chi connectivity index (χ1) is 1.73. The fourth-order valence-corrected chi connectivity index (χ4v) is 0. The Morgan fingerprint density at radius 1 is 1.50 bits per heavy atom. The molecular formula is CH2B2P-.